The quantitative estimate of drug-likeness (QED) is 0.281. The number of hydrogen-bond acceptors (Lipinski definition) is 4. The number of benzene rings is 2. The number of halogens is 4. The minimum absolute atomic E-state index is 0.169. The van der Waals surface area contributed by atoms with Gasteiger partial charge in [0.1, 0.15) is 11.6 Å². The highest BCUT2D eigenvalue weighted by Crippen LogP contribution is 2.32. The molecule has 23 heavy (non-hydrogen) atoms. The molecule has 0 saturated carbocycles. The monoisotopic (exact) mass is 329 g/mol. The topological polar surface area (TPSA) is 69.4 Å². The van der Waals surface area contributed by atoms with Crippen molar-refractivity contribution in [1.29, 1.82) is 0 Å². The van der Waals surface area contributed by atoms with Gasteiger partial charge >= 0.3 is 12.1 Å². The number of carbonyl (C=O) groups excluding carboxylic acids is 1. The number of nitro benzene ring substituents is 1. The lowest BCUT2D eigenvalue weighted by molar-refractivity contribution is -0.384. The second-order valence-electron chi connectivity index (χ2n) is 4.31. The number of non-ortho nitro benzene ring substituents is 1. The van der Waals surface area contributed by atoms with Crippen LogP contribution in [0.15, 0.2) is 42.5 Å². The zero-order chi connectivity index (χ0) is 17.2. The number of esters is 1. The van der Waals surface area contributed by atoms with Crippen LogP contribution in [0.2, 0.25) is 0 Å². The summed E-state index contributed by atoms with van der Waals surface area (Å²) in [6.07, 6.45) is -4.95. The maximum Gasteiger partial charge on any atom is 0.419 e. The molecule has 0 radical (unpaired) electrons. The summed E-state index contributed by atoms with van der Waals surface area (Å²) >= 11 is 0. The third-order valence-electron chi connectivity index (χ3n) is 2.78. The lowest BCUT2D eigenvalue weighted by Gasteiger charge is -2.10. The summed E-state index contributed by atoms with van der Waals surface area (Å²) in [6.45, 7) is 0. The van der Waals surface area contributed by atoms with Gasteiger partial charge in [-0.05, 0) is 24.3 Å². The fourth-order valence-corrected chi connectivity index (χ4v) is 1.71. The smallest absolute Gasteiger partial charge is 0.419 e. The standard InChI is InChI=1S/C14H7F4NO4/c15-12-10(2-1-3-11(12)14(16,17)18)13(20)23-9-6-4-8(5-7-9)19(21)22/h1-7H. The number of nitro groups is 1. The van der Waals surface area contributed by atoms with Crippen LogP contribution in [-0.2, 0) is 6.18 Å². The van der Waals surface area contributed by atoms with E-state index in [1.165, 1.54) is 0 Å². The summed E-state index contributed by atoms with van der Waals surface area (Å²) < 4.78 is 56.2. The molecule has 2 aromatic rings. The third-order valence-corrected chi connectivity index (χ3v) is 2.78. The summed E-state index contributed by atoms with van der Waals surface area (Å²) in [6, 6.07) is 6.42. The summed E-state index contributed by atoms with van der Waals surface area (Å²) in [7, 11) is 0. The van der Waals surface area contributed by atoms with E-state index in [1.54, 1.807) is 0 Å². The van der Waals surface area contributed by atoms with Gasteiger partial charge in [0.2, 0.25) is 0 Å². The van der Waals surface area contributed by atoms with Crippen LogP contribution in [0.1, 0.15) is 15.9 Å². The summed E-state index contributed by atoms with van der Waals surface area (Å²) in [5.41, 5.74) is -2.75. The maximum absolute atomic E-state index is 13.8. The molecule has 0 aliphatic carbocycles. The van der Waals surface area contributed by atoms with Gasteiger partial charge < -0.3 is 4.74 Å². The Morgan fingerprint density at radius 1 is 1.09 bits per heavy atom. The first-order valence-electron chi connectivity index (χ1n) is 6.02. The first-order valence-corrected chi connectivity index (χ1v) is 6.02. The average Bonchev–Trinajstić information content (AvgIpc) is 2.46. The van der Waals surface area contributed by atoms with E-state index in [0.29, 0.717) is 6.07 Å². The Labute approximate surface area is 126 Å². The van der Waals surface area contributed by atoms with Gasteiger partial charge in [0.05, 0.1) is 16.1 Å². The highest BCUT2D eigenvalue weighted by Gasteiger charge is 2.36. The first kappa shape index (κ1) is 16.4. The van der Waals surface area contributed by atoms with E-state index in [0.717, 1.165) is 36.4 Å². The molecular weight excluding hydrogens is 322 g/mol. The molecule has 120 valence electrons. The van der Waals surface area contributed by atoms with E-state index in [9.17, 15) is 32.5 Å². The normalized spacial score (nSPS) is 11.1. The number of hydrogen-bond donors (Lipinski definition) is 0. The molecule has 0 N–H and O–H groups in total. The van der Waals surface area contributed by atoms with Crippen molar-refractivity contribution in [2.75, 3.05) is 0 Å². The number of rotatable bonds is 3. The van der Waals surface area contributed by atoms with Gasteiger partial charge in [-0.2, -0.15) is 13.2 Å². The SMILES string of the molecule is O=C(Oc1ccc([N+](=O)[O-])cc1)c1cccc(C(F)(F)F)c1F. The van der Waals surface area contributed by atoms with Crippen LogP contribution >= 0.6 is 0 Å². The average molecular weight is 329 g/mol. The first-order chi connectivity index (χ1) is 10.7. The highest BCUT2D eigenvalue weighted by atomic mass is 19.4. The molecule has 0 bridgehead atoms. The second-order valence-corrected chi connectivity index (χ2v) is 4.31. The Balaban J connectivity index is 2.26. The van der Waals surface area contributed by atoms with E-state index in [1.807, 2.05) is 0 Å². The molecule has 0 unspecified atom stereocenters. The fourth-order valence-electron chi connectivity index (χ4n) is 1.71. The Hall–Kier alpha value is -2.97. The molecule has 0 fully saturated rings. The number of ether oxygens (including phenoxy) is 1. The Morgan fingerprint density at radius 3 is 2.22 bits per heavy atom. The summed E-state index contributed by atoms with van der Waals surface area (Å²) in [5, 5.41) is 10.5. The molecule has 0 aliphatic rings. The lowest BCUT2D eigenvalue weighted by atomic mass is 10.1. The Kier molecular flexibility index (Phi) is 4.30. The number of alkyl halides is 3. The van der Waals surface area contributed by atoms with Crippen molar-refractivity contribution in [2.24, 2.45) is 0 Å². The van der Waals surface area contributed by atoms with E-state index in [4.69, 9.17) is 4.74 Å². The van der Waals surface area contributed by atoms with E-state index in [2.05, 4.69) is 0 Å². The largest absolute Gasteiger partial charge is 0.423 e. The zero-order valence-electron chi connectivity index (χ0n) is 11.1. The highest BCUT2D eigenvalue weighted by molar-refractivity contribution is 5.91. The van der Waals surface area contributed by atoms with Crippen LogP contribution < -0.4 is 4.74 Å². The molecule has 0 spiro atoms. The number of carbonyl (C=O) groups is 1. The molecular formula is C14H7F4NO4. The molecule has 0 saturated heterocycles. The van der Waals surface area contributed by atoms with E-state index >= 15 is 0 Å². The minimum atomic E-state index is -4.95. The van der Waals surface area contributed by atoms with Crippen molar-refractivity contribution < 1.29 is 32.0 Å². The van der Waals surface area contributed by atoms with Crippen LogP contribution in [-0.4, -0.2) is 10.9 Å². The summed E-state index contributed by atoms with van der Waals surface area (Å²) in [4.78, 5) is 21.6. The molecule has 5 nitrogen and oxygen atoms in total. The lowest BCUT2D eigenvalue weighted by Crippen LogP contribution is -2.15. The molecule has 2 rings (SSSR count). The van der Waals surface area contributed by atoms with Crippen molar-refractivity contribution in [3.8, 4) is 5.75 Å². The van der Waals surface area contributed by atoms with E-state index in [-0.39, 0.29) is 11.4 Å². The minimum Gasteiger partial charge on any atom is -0.423 e. The van der Waals surface area contributed by atoms with Crippen molar-refractivity contribution >= 4 is 11.7 Å². The van der Waals surface area contributed by atoms with Crippen LogP contribution in [0.3, 0.4) is 0 Å². The van der Waals surface area contributed by atoms with Crippen LogP contribution in [0, 0.1) is 15.9 Å². The summed E-state index contributed by atoms with van der Waals surface area (Å²) in [5.74, 6) is -3.26. The fraction of sp³-hybridized carbons (Fsp3) is 0.0714. The van der Waals surface area contributed by atoms with Gasteiger partial charge in [-0.15, -0.1) is 0 Å². The van der Waals surface area contributed by atoms with Crippen LogP contribution in [0.5, 0.6) is 5.75 Å². The molecule has 9 heteroatoms. The van der Waals surface area contributed by atoms with Gasteiger partial charge in [0, 0.05) is 12.1 Å². The van der Waals surface area contributed by atoms with Gasteiger partial charge in [0.25, 0.3) is 5.69 Å². The van der Waals surface area contributed by atoms with E-state index < -0.39 is 34.0 Å². The molecule has 0 aliphatic heterocycles. The van der Waals surface area contributed by atoms with Gasteiger partial charge in [0.15, 0.2) is 0 Å². The zero-order valence-corrected chi connectivity index (χ0v) is 11.1. The van der Waals surface area contributed by atoms with Crippen LogP contribution in [0.4, 0.5) is 23.2 Å². The van der Waals surface area contributed by atoms with Crippen molar-refractivity contribution in [3.05, 3.63) is 69.5 Å². The molecule has 0 atom stereocenters. The van der Waals surface area contributed by atoms with Gasteiger partial charge in [-0.1, -0.05) is 6.07 Å². The predicted octanol–water partition coefficient (Wildman–Crippen LogP) is 3.97. The second kappa shape index (κ2) is 6.03. The molecule has 0 aromatic heterocycles. The van der Waals surface area contributed by atoms with Crippen molar-refractivity contribution in [3.63, 3.8) is 0 Å². The maximum atomic E-state index is 13.8. The van der Waals surface area contributed by atoms with Crippen LogP contribution in [0.25, 0.3) is 0 Å². The predicted molar refractivity (Wildman–Crippen MR) is 69.5 cm³/mol. The van der Waals surface area contributed by atoms with Gasteiger partial charge in [-0.3, -0.25) is 10.1 Å². The molecule has 2 aromatic carbocycles. The van der Waals surface area contributed by atoms with Gasteiger partial charge in [-0.25, -0.2) is 9.18 Å². The Morgan fingerprint density at radius 2 is 1.70 bits per heavy atom. The molecule has 0 amide bonds. The van der Waals surface area contributed by atoms with Crippen molar-refractivity contribution in [1.82, 2.24) is 0 Å². The molecule has 0 heterocycles. The number of nitrogens with zero attached hydrogens (tertiary/aromatic N) is 1. The van der Waals surface area contributed by atoms with Crippen molar-refractivity contribution in [2.45, 2.75) is 6.18 Å². The third kappa shape index (κ3) is 3.62. The Bertz CT molecular complexity index is 756.